The van der Waals surface area contributed by atoms with Crippen LogP contribution in [0.2, 0.25) is 0 Å². The summed E-state index contributed by atoms with van der Waals surface area (Å²) in [5.74, 6) is 0.546. The van der Waals surface area contributed by atoms with Crippen LogP contribution in [-0.4, -0.2) is 28.7 Å². The van der Waals surface area contributed by atoms with Crippen LogP contribution in [0.1, 0.15) is 62.3 Å². The molecule has 7 aromatic carbocycles. The second kappa shape index (κ2) is 12.7. The number of para-hydroxylation sites is 5. The highest BCUT2D eigenvalue weighted by atomic mass is 15.3. The third-order valence-corrected chi connectivity index (χ3v) is 11.6. The molecule has 0 N–H and O–H groups in total. The summed E-state index contributed by atoms with van der Waals surface area (Å²) >= 11 is 0. The Hall–Kier alpha value is -7.05. The zero-order chi connectivity index (χ0) is 46.3. The normalized spacial score (nSPS) is 14.2. The lowest BCUT2D eigenvalue weighted by molar-refractivity contribution is 0.590. The van der Waals surface area contributed by atoms with Crippen molar-refractivity contribution in [3.05, 3.63) is 169 Å². The number of hydrogen-bond acceptors (Lipinski definition) is 3. The van der Waals surface area contributed by atoms with Crippen molar-refractivity contribution >= 4 is 65.4 Å². The van der Waals surface area contributed by atoms with Gasteiger partial charge >= 0.3 is 0 Å². The topological polar surface area (TPSA) is 53.5 Å². The summed E-state index contributed by atoms with van der Waals surface area (Å²) in [5, 5.41) is 4.35. The van der Waals surface area contributed by atoms with E-state index in [1.165, 1.54) is 21.8 Å². The number of nitrogens with zero attached hydrogens (tertiary/aromatic N) is 6. The molecule has 0 amide bonds. The van der Waals surface area contributed by atoms with E-state index in [1.807, 2.05) is 59.2 Å². The summed E-state index contributed by atoms with van der Waals surface area (Å²) in [7, 11) is 0. The lowest BCUT2D eigenvalue weighted by Gasteiger charge is -2.19. The van der Waals surface area contributed by atoms with Crippen molar-refractivity contribution < 1.29 is 9.60 Å². The quantitative estimate of drug-likeness (QED) is 0.179. The molecule has 0 fully saturated rings. The molecule has 0 saturated carbocycles. The molecule has 0 bridgehead atoms. The molecule has 0 radical (unpaired) electrons. The predicted molar refractivity (Wildman–Crippen MR) is 246 cm³/mol. The highest BCUT2D eigenvalue weighted by molar-refractivity contribution is 6.11. The van der Waals surface area contributed by atoms with Crippen molar-refractivity contribution in [3.63, 3.8) is 0 Å². The van der Waals surface area contributed by atoms with Gasteiger partial charge in [0.25, 0.3) is 0 Å². The third-order valence-electron chi connectivity index (χ3n) is 11.6. The molecule has 0 unspecified atom stereocenters. The lowest BCUT2D eigenvalue weighted by atomic mass is 9.85. The number of rotatable bonds is 4. The maximum Gasteiger partial charge on any atom is 0.240 e. The summed E-state index contributed by atoms with van der Waals surface area (Å²) in [6.45, 7) is 13.3. The maximum atomic E-state index is 9.30. The molecule has 0 spiro atoms. The van der Waals surface area contributed by atoms with Crippen LogP contribution in [0.25, 0.3) is 94.4 Å². The van der Waals surface area contributed by atoms with Gasteiger partial charge in [0.1, 0.15) is 0 Å². The van der Waals surface area contributed by atoms with Crippen LogP contribution in [0, 0.1) is 0 Å². The van der Waals surface area contributed by atoms with Gasteiger partial charge < -0.3 is 4.57 Å². The second-order valence-electron chi connectivity index (χ2n) is 17.3. The predicted octanol–water partition coefficient (Wildman–Crippen LogP) is 13.4. The first-order valence-electron chi connectivity index (χ1n) is 23.4. The van der Waals surface area contributed by atoms with E-state index < -0.39 is 12.1 Å². The van der Waals surface area contributed by atoms with Gasteiger partial charge in [-0.05, 0) is 82.6 Å². The molecule has 11 aromatic rings. The van der Waals surface area contributed by atoms with Crippen LogP contribution in [-0.2, 0) is 10.8 Å². The fourth-order valence-electron chi connectivity index (χ4n) is 8.57. The highest BCUT2D eigenvalue weighted by Gasteiger charge is 2.25. The van der Waals surface area contributed by atoms with Crippen molar-refractivity contribution in [3.8, 4) is 29.0 Å². The van der Waals surface area contributed by atoms with Gasteiger partial charge in [-0.3, -0.25) is 9.13 Å². The van der Waals surface area contributed by atoms with Gasteiger partial charge in [0.05, 0.1) is 48.4 Å². The van der Waals surface area contributed by atoms with Crippen molar-refractivity contribution in [2.24, 2.45) is 0 Å². The van der Waals surface area contributed by atoms with Gasteiger partial charge in [-0.25, -0.2) is 0 Å². The molecule has 286 valence electrons. The summed E-state index contributed by atoms with van der Waals surface area (Å²) in [5.41, 5.74) is 7.64. The van der Waals surface area contributed by atoms with Gasteiger partial charge in [-0.15, -0.1) is 0 Å². The average Bonchev–Trinajstić information content (AvgIpc) is 3.94. The van der Waals surface area contributed by atoms with Gasteiger partial charge in [-0.1, -0.05) is 138 Å². The Kier molecular flexibility index (Phi) is 6.12. The number of hydrogen-bond donors (Lipinski definition) is 0. The lowest BCUT2D eigenvalue weighted by Crippen LogP contribution is -2.11. The zero-order valence-electron chi connectivity index (χ0n) is 40.7. The van der Waals surface area contributed by atoms with E-state index in [4.69, 9.17) is 23.2 Å². The fraction of sp³-hybridized carbons (Fsp3) is 0.151. The minimum absolute atomic E-state index is 0.0140. The first-order valence-corrected chi connectivity index (χ1v) is 19.9. The summed E-state index contributed by atoms with van der Waals surface area (Å²) in [4.78, 5) is 15.7. The van der Waals surface area contributed by atoms with Crippen LogP contribution in [0.5, 0.6) is 0 Å². The minimum atomic E-state index is -0.474. The van der Waals surface area contributed by atoms with E-state index in [-0.39, 0.29) is 80.6 Å². The monoisotopic (exact) mass is 771 g/mol. The molecule has 6 heteroatoms. The summed E-state index contributed by atoms with van der Waals surface area (Å²) in [6, 6.07) is 36.2. The van der Waals surface area contributed by atoms with Crippen molar-refractivity contribution in [2.75, 3.05) is 0 Å². The van der Waals surface area contributed by atoms with Crippen LogP contribution >= 0.6 is 0 Å². The fourth-order valence-corrected chi connectivity index (χ4v) is 8.57. The van der Waals surface area contributed by atoms with Crippen LogP contribution in [0.3, 0.4) is 0 Å². The molecule has 4 aromatic heterocycles. The molecule has 0 atom stereocenters. The zero-order valence-corrected chi connectivity index (χ0v) is 33.7. The number of benzene rings is 7. The van der Waals surface area contributed by atoms with Crippen LogP contribution in [0.4, 0.5) is 0 Å². The van der Waals surface area contributed by atoms with Gasteiger partial charge in [-0.2, -0.15) is 15.0 Å². The van der Waals surface area contributed by atoms with Crippen molar-refractivity contribution in [1.82, 2.24) is 28.7 Å². The van der Waals surface area contributed by atoms with Crippen LogP contribution < -0.4 is 0 Å². The average molecular weight is 772 g/mol. The molecule has 4 heterocycles. The number of fused-ring (bicyclic) bond motifs is 9. The molecule has 6 nitrogen and oxygen atoms in total. The Labute approximate surface area is 352 Å². The van der Waals surface area contributed by atoms with E-state index in [1.54, 1.807) is 0 Å². The molecule has 0 aliphatic rings. The molecule has 0 aliphatic carbocycles. The van der Waals surface area contributed by atoms with E-state index in [0.717, 1.165) is 49.3 Å². The minimum Gasteiger partial charge on any atom is -0.309 e. The first-order chi connectivity index (χ1) is 31.4. The Morgan fingerprint density at radius 1 is 0.407 bits per heavy atom. The van der Waals surface area contributed by atoms with Crippen molar-refractivity contribution in [1.29, 1.82) is 0 Å². The third kappa shape index (κ3) is 5.43. The van der Waals surface area contributed by atoms with E-state index in [0.29, 0.717) is 5.56 Å². The Morgan fingerprint density at radius 3 is 1.49 bits per heavy atom. The Balaban J connectivity index is 1.29. The Bertz CT molecular complexity index is 3760. The maximum absolute atomic E-state index is 9.30. The largest absolute Gasteiger partial charge is 0.309 e. The molecular weight excluding hydrogens is 721 g/mol. The van der Waals surface area contributed by atoms with Crippen LogP contribution in [0.15, 0.2) is 158 Å². The van der Waals surface area contributed by atoms with E-state index in [2.05, 4.69) is 101 Å². The smallest absolute Gasteiger partial charge is 0.240 e. The Morgan fingerprint density at radius 2 is 0.881 bits per heavy atom. The second-order valence-corrected chi connectivity index (χ2v) is 17.3. The van der Waals surface area contributed by atoms with Gasteiger partial charge in [0.15, 0.2) is 5.82 Å². The van der Waals surface area contributed by atoms with E-state index >= 15 is 0 Å². The van der Waals surface area contributed by atoms with Gasteiger partial charge in [0.2, 0.25) is 11.9 Å². The molecule has 11 rings (SSSR count). The van der Waals surface area contributed by atoms with Gasteiger partial charge in [0, 0.05) is 37.9 Å². The highest BCUT2D eigenvalue weighted by Crippen LogP contribution is 2.40. The SMILES string of the molecule is [2H]c1cc2c(c([2H])c1[2H])c1c([2H])c([2H])c([2H])c([2H])c1n2-c1nc(-c2ccccc2-n2c3ccc(C(C)(C)C)cc3c3cc(C(C)(C)C)ccc32)nc(-n2c3ccccc3c3ccccc32)n1. The summed E-state index contributed by atoms with van der Waals surface area (Å²) in [6.07, 6.45) is 0. The molecule has 0 aliphatic heterocycles. The first kappa shape index (κ1) is 28.4. The standard InChI is InChI=1S/C53H44N6/c1-52(2,3)33-27-29-47-40(31-33)41-32-34(53(4,5)6)28-30-48(41)57(47)46-26-16-11-21-39(46)49-54-50(58-42-22-12-7-17-35(42)36-18-8-13-23-43(36)58)56-51(55-49)59-44-24-14-9-19-37(44)38-20-10-15-25-45(38)59/h7-32H,1-6H3/i7D,8D,12D,13D,17D,18D,22D. The van der Waals surface area contributed by atoms with Crippen molar-refractivity contribution in [2.45, 2.75) is 52.4 Å². The summed E-state index contributed by atoms with van der Waals surface area (Å²) < 4.78 is 68.1. The van der Waals surface area contributed by atoms with E-state index in [9.17, 15) is 1.37 Å². The molecule has 59 heavy (non-hydrogen) atoms. The number of aromatic nitrogens is 6. The molecule has 0 saturated heterocycles. The molecular formula is C53H44N6.